The molecule has 1 aromatic carbocycles. The molecule has 0 radical (unpaired) electrons. The average Bonchev–Trinajstić information content (AvgIpc) is 2.36. The molecule has 1 heterocycles. The molecule has 2 N–H and O–H groups in total. The highest BCUT2D eigenvalue weighted by Crippen LogP contribution is 2.21. The van der Waals surface area contributed by atoms with Crippen LogP contribution in [-0.2, 0) is 11.3 Å². The smallest absolute Gasteiger partial charge is 0.129 e. The number of nitrogens with zero attached hydrogens (tertiary/aromatic N) is 1. The lowest BCUT2D eigenvalue weighted by Crippen LogP contribution is -2.36. The van der Waals surface area contributed by atoms with E-state index in [0.717, 1.165) is 32.5 Å². The van der Waals surface area contributed by atoms with Crippen LogP contribution in [-0.4, -0.2) is 30.7 Å². The van der Waals surface area contributed by atoms with Crippen molar-refractivity contribution in [2.24, 2.45) is 0 Å². The second-order valence-corrected chi connectivity index (χ2v) is 4.74. The van der Waals surface area contributed by atoms with Crippen LogP contribution >= 0.6 is 0 Å². The highest BCUT2D eigenvalue weighted by atomic mass is 19.1. The summed E-state index contributed by atoms with van der Waals surface area (Å²) in [5.41, 5.74) is 6.98. The molecule has 0 spiro atoms. The summed E-state index contributed by atoms with van der Waals surface area (Å²) in [6.07, 6.45) is 2.40. The minimum atomic E-state index is -0.207. The quantitative estimate of drug-likeness (QED) is 0.836. The first-order valence-corrected chi connectivity index (χ1v) is 6.57. The Morgan fingerprint density at radius 2 is 2.11 bits per heavy atom. The van der Waals surface area contributed by atoms with Gasteiger partial charge in [-0.2, -0.15) is 0 Å². The van der Waals surface area contributed by atoms with E-state index >= 15 is 0 Å². The zero-order valence-corrected chi connectivity index (χ0v) is 10.9. The van der Waals surface area contributed by atoms with Gasteiger partial charge in [-0.05, 0) is 31.9 Å². The van der Waals surface area contributed by atoms with E-state index in [2.05, 4.69) is 4.90 Å². The van der Waals surface area contributed by atoms with Crippen molar-refractivity contribution >= 4 is 5.69 Å². The highest BCUT2D eigenvalue weighted by Gasteiger charge is 2.20. The number of benzene rings is 1. The van der Waals surface area contributed by atoms with Crippen molar-refractivity contribution in [3.05, 3.63) is 29.6 Å². The van der Waals surface area contributed by atoms with Crippen LogP contribution in [0.2, 0.25) is 0 Å². The third-order valence-electron chi connectivity index (χ3n) is 3.47. The fourth-order valence-corrected chi connectivity index (χ4v) is 2.44. The number of nitrogen functional groups attached to an aromatic ring is 1. The normalized spacial score (nSPS) is 18.1. The van der Waals surface area contributed by atoms with E-state index in [1.54, 1.807) is 12.1 Å². The van der Waals surface area contributed by atoms with Gasteiger partial charge in [0, 0.05) is 37.5 Å². The van der Waals surface area contributed by atoms with Gasteiger partial charge in [-0.3, -0.25) is 4.90 Å². The van der Waals surface area contributed by atoms with Gasteiger partial charge in [0.2, 0.25) is 0 Å². The number of hydrogen-bond acceptors (Lipinski definition) is 3. The second kappa shape index (κ2) is 6.16. The number of hydrogen-bond donors (Lipinski definition) is 1. The van der Waals surface area contributed by atoms with Crippen LogP contribution in [0.25, 0.3) is 0 Å². The van der Waals surface area contributed by atoms with Gasteiger partial charge in [0.05, 0.1) is 6.10 Å². The summed E-state index contributed by atoms with van der Waals surface area (Å²) in [6, 6.07) is 4.87. The maximum absolute atomic E-state index is 13.7. The number of anilines is 1. The molecule has 0 atom stereocenters. The maximum atomic E-state index is 13.7. The van der Waals surface area contributed by atoms with Crippen LogP contribution in [0.5, 0.6) is 0 Å². The van der Waals surface area contributed by atoms with Crippen LogP contribution < -0.4 is 5.73 Å². The van der Waals surface area contributed by atoms with Gasteiger partial charge >= 0.3 is 0 Å². The van der Waals surface area contributed by atoms with E-state index in [9.17, 15) is 4.39 Å². The van der Waals surface area contributed by atoms with Crippen molar-refractivity contribution in [2.75, 3.05) is 25.4 Å². The van der Waals surface area contributed by atoms with E-state index < -0.39 is 0 Å². The van der Waals surface area contributed by atoms with Gasteiger partial charge in [-0.1, -0.05) is 6.07 Å². The predicted octanol–water partition coefficient (Wildman–Crippen LogP) is 2.41. The number of halogens is 1. The van der Waals surface area contributed by atoms with E-state index in [1.165, 1.54) is 6.07 Å². The molecule has 18 heavy (non-hydrogen) atoms. The Labute approximate surface area is 108 Å². The predicted molar refractivity (Wildman–Crippen MR) is 70.7 cm³/mol. The standard InChI is InChI=1S/C14H21FN2O/c1-2-18-11-6-8-17(9-7-11)10-12-13(15)4-3-5-14(12)16/h3-5,11H,2,6-10,16H2,1H3. The molecule has 0 amide bonds. The Hall–Kier alpha value is -1.13. The Bertz CT molecular complexity index is 369. The van der Waals surface area contributed by atoms with Crippen LogP contribution in [0.3, 0.4) is 0 Å². The molecule has 1 fully saturated rings. The van der Waals surface area contributed by atoms with Crippen molar-refractivity contribution < 1.29 is 9.13 Å². The fourth-order valence-electron chi connectivity index (χ4n) is 2.44. The number of nitrogens with two attached hydrogens (primary N) is 1. The molecule has 0 aromatic heterocycles. The summed E-state index contributed by atoms with van der Waals surface area (Å²) < 4.78 is 19.3. The van der Waals surface area contributed by atoms with Gasteiger partial charge in [0.25, 0.3) is 0 Å². The number of piperidine rings is 1. The van der Waals surface area contributed by atoms with Crippen LogP contribution in [0.15, 0.2) is 18.2 Å². The van der Waals surface area contributed by atoms with Crippen molar-refractivity contribution in [3.63, 3.8) is 0 Å². The summed E-state index contributed by atoms with van der Waals surface area (Å²) >= 11 is 0. The Morgan fingerprint density at radius 3 is 2.72 bits per heavy atom. The van der Waals surface area contributed by atoms with Crippen molar-refractivity contribution in [3.8, 4) is 0 Å². The lowest BCUT2D eigenvalue weighted by atomic mass is 10.1. The van der Waals surface area contributed by atoms with Crippen LogP contribution in [0.4, 0.5) is 10.1 Å². The summed E-state index contributed by atoms with van der Waals surface area (Å²) in [6.45, 7) is 5.27. The Morgan fingerprint density at radius 1 is 1.39 bits per heavy atom. The Balaban J connectivity index is 1.92. The van der Waals surface area contributed by atoms with Crippen LogP contribution in [0, 0.1) is 5.82 Å². The fraction of sp³-hybridized carbons (Fsp3) is 0.571. The summed E-state index contributed by atoms with van der Waals surface area (Å²) in [5, 5.41) is 0. The van der Waals surface area contributed by atoms with Gasteiger partial charge in [-0.15, -0.1) is 0 Å². The second-order valence-electron chi connectivity index (χ2n) is 4.74. The van der Waals surface area contributed by atoms with Gasteiger partial charge < -0.3 is 10.5 Å². The molecule has 4 heteroatoms. The van der Waals surface area contributed by atoms with E-state index in [4.69, 9.17) is 10.5 Å². The topological polar surface area (TPSA) is 38.5 Å². The zero-order valence-electron chi connectivity index (χ0n) is 10.9. The minimum Gasteiger partial charge on any atom is -0.398 e. The summed E-state index contributed by atoms with van der Waals surface area (Å²) in [4.78, 5) is 2.24. The summed E-state index contributed by atoms with van der Waals surface area (Å²) in [7, 11) is 0. The Kier molecular flexibility index (Phi) is 4.55. The van der Waals surface area contributed by atoms with Crippen molar-refractivity contribution in [2.45, 2.75) is 32.4 Å². The first-order valence-electron chi connectivity index (χ1n) is 6.57. The molecular weight excluding hydrogens is 231 g/mol. The van der Waals surface area contributed by atoms with Gasteiger partial charge in [-0.25, -0.2) is 4.39 Å². The first-order chi connectivity index (χ1) is 8.70. The van der Waals surface area contributed by atoms with E-state index in [0.29, 0.717) is 23.9 Å². The maximum Gasteiger partial charge on any atom is 0.129 e. The van der Waals surface area contributed by atoms with Crippen LogP contribution in [0.1, 0.15) is 25.3 Å². The SMILES string of the molecule is CCOC1CCN(Cc2c(N)cccc2F)CC1. The minimum absolute atomic E-state index is 0.207. The molecule has 0 bridgehead atoms. The van der Waals surface area contributed by atoms with Crippen molar-refractivity contribution in [1.29, 1.82) is 0 Å². The molecule has 1 aromatic rings. The highest BCUT2D eigenvalue weighted by molar-refractivity contribution is 5.47. The third kappa shape index (κ3) is 3.21. The van der Waals surface area contributed by atoms with Crippen molar-refractivity contribution in [1.82, 2.24) is 4.90 Å². The molecule has 0 unspecified atom stereocenters. The van der Waals surface area contributed by atoms with Gasteiger partial charge in [0.1, 0.15) is 5.82 Å². The lowest BCUT2D eigenvalue weighted by Gasteiger charge is -2.32. The molecule has 0 aliphatic carbocycles. The summed E-state index contributed by atoms with van der Waals surface area (Å²) in [5.74, 6) is -0.207. The van der Waals surface area contributed by atoms with E-state index in [1.807, 2.05) is 6.92 Å². The lowest BCUT2D eigenvalue weighted by molar-refractivity contribution is 0.0124. The van der Waals surface area contributed by atoms with Gasteiger partial charge in [0.15, 0.2) is 0 Å². The van der Waals surface area contributed by atoms with E-state index in [-0.39, 0.29) is 5.82 Å². The molecule has 0 saturated carbocycles. The zero-order chi connectivity index (χ0) is 13.0. The molecule has 1 aliphatic heterocycles. The molecule has 2 rings (SSSR count). The number of ether oxygens (including phenoxy) is 1. The third-order valence-corrected chi connectivity index (χ3v) is 3.47. The first kappa shape index (κ1) is 13.3. The number of likely N-dealkylation sites (tertiary alicyclic amines) is 1. The molecule has 3 nitrogen and oxygen atoms in total. The largest absolute Gasteiger partial charge is 0.398 e. The molecule has 1 aliphatic rings. The molecule has 100 valence electrons. The molecular formula is C14H21FN2O. The number of rotatable bonds is 4. The monoisotopic (exact) mass is 252 g/mol. The molecule has 1 saturated heterocycles. The average molecular weight is 252 g/mol.